The van der Waals surface area contributed by atoms with Gasteiger partial charge in [0.15, 0.2) is 0 Å². The van der Waals surface area contributed by atoms with E-state index < -0.39 is 30.3 Å². The van der Waals surface area contributed by atoms with Crippen molar-refractivity contribution in [2.45, 2.75) is 77.2 Å². The lowest BCUT2D eigenvalue weighted by molar-refractivity contribution is -0.147. The Balaban J connectivity index is 1.41. The molecule has 36 heavy (non-hydrogen) atoms. The van der Waals surface area contributed by atoms with Gasteiger partial charge in [-0.25, -0.2) is 0 Å². The summed E-state index contributed by atoms with van der Waals surface area (Å²) in [5, 5.41) is 25.1. The monoisotopic (exact) mass is 503 g/mol. The fourth-order valence-electron chi connectivity index (χ4n) is 4.75. The standard InChI is InChI=1S/C26H31F2N3O5/c1-14(2)36-18-5-7-20(15(3)10-18)26(27,28)25(35)29-12-16-4-6-19-17(11-16)13-31(24(19)34)21-8-9-22(32)30-23(21)33/h4-7,10-11,14,21-22,24,32,34H,8-9,12-13H2,1-3H3,(H,29,35)(H,30,33)/t21?,22?,24-/m0/s1. The molecular weight excluding hydrogens is 472 g/mol. The summed E-state index contributed by atoms with van der Waals surface area (Å²) in [5.41, 5.74) is 1.82. The van der Waals surface area contributed by atoms with Gasteiger partial charge in [-0.1, -0.05) is 18.2 Å². The quantitative estimate of drug-likeness (QED) is 0.462. The van der Waals surface area contributed by atoms with Gasteiger partial charge in [0.25, 0.3) is 5.91 Å². The van der Waals surface area contributed by atoms with Gasteiger partial charge in [-0.05, 0) is 74.1 Å². The minimum atomic E-state index is -3.73. The fourth-order valence-corrected chi connectivity index (χ4v) is 4.75. The fraction of sp³-hybridized carbons (Fsp3) is 0.462. The summed E-state index contributed by atoms with van der Waals surface area (Å²) in [5.74, 6) is -5.04. The summed E-state index contributed by atoms with van der Waals surface area (Å²) in [6, 6.07) is 8.59. The van der Waals surface area contributed by atoms with E-state index in [-0.39, 0.29) is 36.2 Å². The average Bonchev–Trinajstić information content (AvgIpc) is 3.12. The Labute approximate surface area is 208 Å². The molecule has 0 saturated carbocycles. The van der Waals surface area contributed by atoms with Gasteiger partial charge < -0.3 is 25.6 Å². The van der Waals surface area contributed by atoms with Crippen LogP contribution in [0.5, 0.6) is 5.75 Å². The number of ether oxygens (including phenoxy) is 1. The number of aliphatic hydroxyl groups is 2. The van der Waals surface area contributed by atoms with Crippen molar-refractivity contribution in [1.82, 2.24) is 15.5 Å². The maximum atomic E-state index is 15.0. The predicted molar refractivity (Wildman–Crippen MR) is 127 cm³/mol. The maximum absolute atomic E-state index is 15.0. The Hall–Kier alpha value is -3.08. The van der Waals surface area contributed by atoms with Crippen molar-refractivity contribution in [2.24, 2.45) is 0 Å². The number of hydrogen-bond donors (Lipinski definition) is 4. The van der Waals surface area contributed by atoms with Crippen LogP contribution in [0.3, 0.4) is 0 Å². The maximum Gasteiger partial charge on any atom is 0.350 e. The molecule has 3 atom stereocenters. The van der Waals surface area contributed by atoms with Crippen LogP contribution in [-0.2, 0) is 28.6 Å². The number of carbonyl (C=O) groups excluding carboxylic acids is 2. The minimum Gasteiger partial charge on any atom is -0.491 e. The van der Waals surface area contributed by atoms with Crippen LogP contribution < -0.4 is 15.4 Å². The zero-order valence-electron chi connectivity index (χ0n) is 20.4. The van der Waals surface area contributed by atoms with E-state index in [9.17, 15) is 28.6 Å². The number of aryl methyl sites for hydroxylation is 1. The first kappa shape index (κ1) is 26.0. The first-order valence-electron chi connectivity index (χ1n) is 11.9. The first-order chi connectivity index (χ1) is 17.0. The Morgan fingerprint density at radius 2 is 1.97 bits per heavy atom. The summed E-state index contributed by atoms with van der Waals surface area (Å²) in [6.45, 7) is 5.34. The summed E-state index contributed by atoms with van der Waals surface area (Å²) in [7, 11) is 0. The molecule has 4 rings (SSSR count). The highest BCUT2D eigenvalue weighted by molar-refractivity contribution is 5.85. The smallest absolute Gasteiger partial charge is 0.350 e. The van der Waals surface area contributed by atoms with E-state index in [0.717, 1.165) is 5.56 Å². The number of amides is 2. The molecule has 1 saturated heterocycles. The lowest BCUT2D eigenvalue weighted by Crippen LogP contribution is -2.53. The van der Waals surface area contributed by atoms with Crippen molar-refractivity contribution < 1.29 is 33.3 Å². The Morgan fingerprint density at radius 3 is 2.64 bits per heavy atom. The number of nitrogens with zero attached hydrogens (tertiary/aromatic N) is 1. The van der Waals surface area contributed by atoms with E-state index in [0.29, 0.717) is 29.7 Å². The minimum absolute atomic E-state index is 0.104. The van der Waals surface area contributed by atoms with Crippen LogP contribution in [0.2, 0.25) is 0 Å². The average molecular weight is 504 g/mol. The van der Waals surface area contributed by atoms with Crippen LogP contribution in [0, 0.1) is 6.92 Å². The molecule has 2 heterocycles. The highest BCUT2D eigenvalue weighted by Gasteiger charge is 2.42. The van der Waals surface area contributed by atoms with Crippen LogP contribution >= 0.6 is 0 Å². The van der Waals surface area contributed by atoms with E-state index in [4.69, 9.17) is 4.74 Å². The number of alkyl halides is 2. The van der Waals surface area contributed by atoms with Crippen molar-refractivity contribution in [3.8, 4) is 5.75 Å². The molecule has 0 spiro atoms. The van der Waals surface area contributed by atoms with Gasteiger partial charge >= 0.3 is 5.92 Å². The lowest BCUT2D eigenvalue weighted by atomic mass is 10.0. The van der Waals surface area contributed by atoms with Crippen LogP contribution in [-0.4, -0.2) is 45.3 Å². The molecule has 0 aliphatic carbocycles. The van der Waals surface area contributed by atoms with Gasteiger partial charge in [0.05, 0.1) is 12.1 Å². The van der Waals surface area contributed by atoms with E-state index in [2.05, 4.69) is 10.6 Å². The van der Waals surface area contributed by atoms with E-state index in [1.807, 2.05) is 13.8 Å². The van der Waals surface area contributed by atoms with Crippen molar-refractivity contribution in [1.29, 1.82) is 0 Å². The second-order valence-electron chi connectivity index (χ2n) is 9.60. The third kappa shape index (κ3) is 5.21. The molecule has 10 heteroatoms. The van der Waals surface area contributed by atoms with Gasteiger partial charge in [-0.2, -0.15) is 8.78 Å². The Bertz CT molecular complexity index is 1160. The number of nitrogens with one attached hydrogen (secondary N) is 2. The molecule has 194 valence electrons. The summed E-state index contributed by atoms with van der Waals surface area (Å²) >= 11 is 0. The van der Waals surface area contributed by atoms with Gasteiger partial charge in [-0.3, -0.25) is 14.5 Å². The van der Waals surface area contributed by atoms with Crippen molar-refractivity contribution in [3.63, 3.8) is 0 Å². The van der Waals surface area contributed by atoms with Gasteiger partial charge in [0.2, 0.25) is 5.91 Å². The van der Waals surface area contributed by atoms with Crippen molar-refractivity contribution >= 4 is 11.8 Å². The number of aliphatic hydroxyl groups excluding tert-OH is 2. The van der Waals surface area contributed by atoms with Gasteiger partial charge in [0.1, 0.15) is 18.2 Å². The number of hydrogen-bond acceptors (Lipinski definition) is 6. The molecule has 2 aromatic carbocycles. The zero-order valence-corrected chi connectivity index (χ0v) is 20.4. The molecule has 0 aromatic heterocycles. The topological polar surface area (TPSA) is 111 Å². The largest absolute Gasteiger partial charge is 0.491 e. The second kappa shape index (κ2) is 10.1. The lowest BCUT2D eigenvalue weighted by Gasteiger charge is -2.34. The summed E-state index contributed by atoms with van der Waals surface area (Å²) in [6.07, 6.45) is -1.20. The molecule has 2 aliphatic rings. The van der Waals surface area contributed by atoms with Crippen molar-refractivity contribution in [3.05, 3.63) is 64.2 Å². The zero-order chi connectivity index (χ0) is 26.2. The number of piperidine rings is 1. The van der Waals surface area contributed by atoms with Crippen LogP contribution in [0.4, 0.5) is 8.78 Å². The first-order valence-corrected chi connectivity index (χ1v) is 11.9. The normalized spacial score (nSPS) is 22.3. The number of rotatable bonds is 7. The molecule has 2 aromatic rings. The molecule has 8 nitrogen and oxygen atoms in total. The second-order valence-corrected chi connectivity index (χ2v) is 9.60. The summed E-state index contributed by atoms with van der Waals surface area (Å²) < 4.78 is 35.4. The molecule has 0 radical (unpaired) electrons. The van der Waals surface area contributed by atoms with Crippen LogP contribution in [0.15, 0.2) is 36.4 Å². The van der Waals surface area contributed by atoms with E-state index >= 15 is 0 Å². The molecule has 2 unspecified atom stereocenters. The third-order valence-electron chi connectivity index (χ3n) is 6.52. The molecule has 2 amide bonds. The number of carbonyl (C=O) groups is 2. The van der Waals surface area contributed by atoms with Gasteiger partial charge in [0, 0.05) is 18.7 Å². The number of fused-ring (bicyclic) bond motifs is 1. The molecule has 2 aliphatic heterocycles. The highest BCUT2D eigenvalue weighted by atomic mass is 19.3. The third-order valence-corrected chi connectivity index (χ3v) is 6.52. The molecular formula is C26H31F2N3O5. The Kier molecular flexibility index (Phi) is 7.31. The van der Waals surface area contributed by atoms with Crippen molar-refractivity contribution in [2.75, 3.05) is 0 Å². The summed E-state index contributed by atoms with van der Waals surface area (Å²) in [4.78, 5) is 26.4. The van der Waals surface area contributed by atoms with E-state index in [1.54, 1.807) is 23.1 Å². The predicted octanol–water partition coefficient (Wildman–Crippen LogP) is 2.59. The van der Waals surface area contributed by atoms with Gasteiger partial charge in [-0.15, -0.1) is 0 Å². The number of halogens is 2. The molecule has 0 bridgehead atoms. The number of benzene rings is 2. The van der Waals surface area contributed by atoms with Crippen LogP contribution in [0.25, 0.3) is 0 Å². The molecule has 1 fully saturated rings. The van der Waals surface area contributed by atoms with Crippen LogP contribution in [0.1, 0.15) is 60.7 Å². The Morgan fingerprint density at radius 1 is 1.22 bits per heavy atom. The molecule has 4 N–H and O–H groups in total. The van der Waals surface area contributed by atoms with E-state index in [1.165, 1.54) is 25.1 Å². The SMILES string of the molecule is Cc1cc(OC(C)C)ccc1C(F)(F)C(=O)NCc1ccc2c(c1)CN(C1CCC(O)NC1=O)[C@H]2O. The highest BCUT2D eigenvalue weighted by Crippen LogP contribution is 2.36.